The maximum atomic E-state index is 8.37. The first-order valence-corrected chi connectivity index (χ1v) is 7.11. The molecule has 0 aliphatic carbocycles. The zero-order valence-electron chi connectivity index (χ0n) is 12.0. The van der Waals surface area contributed by atoms with E-state index in [1.807, 2.05) is 0 Å². The summed E-state index contributed by atoms with van der Waals surface area (Å²) in [6.07, 6.45) is 9.10. The molecule has 0 bridgehead atoms. The van der Waals surface area contributed by atoms with Gasteiger partial charge in [0.2, 0.25) is 0 Å². The maximum absolute atomic E-state index is 8.37. The van der Waals surface area contributed by atoms with Gasteiger partial charge in [0.25, 0.3) is 0 Å². The van der Waals surface area contributed by atoms with Gasteiger partial charge in [0.15, 0.2) is 0 Å². The van der Waals surface area contributed by atoms with Crippen LogP contribution in [0, 0.1) is 58.2 Å². The van der Waals surface area contributed by atoms with E-state index >= 15 is 0 Å². The highest BCUT2D eigenvalue weighted by atomic mass is 14.2. The molecule has 0 aliphatic rings. The van der Waals surface area contributed by atoms with Crippen LogP contribution < -0.4 is 0 Å². The van der Waals surface area contributed by atoms with Crippen LogP contribution >= 0.6 is 0 Å². The predicted molar refractivity (Wildman–Crippen MR) is 80.7 cm³/mol. The van der Waals surface area contributed by atoms with Crippen LogP contribution in [-0.4, -0.2) is 0 Å². The van der Waals surface area contributed by atoms with Gasteiger partial charge in [-0.15, -0.1) is 0 Å². The second-order valence-electron chi connectivity index (χ2n) is 4.29. The summed E-state index contributed by atoms with van der Waals surface area (Å²) >= 11 is 0. The molecule has 0 saturated heterocycles. The SMILES string of the molecule is N#CCCCCC#CC#CC#CCCCCCCC#N. The summed E-state index contributed by atoms with van der Waals surface area (Å²) in [7, 11) is 0. The molecule has 20 heavy (non-hydrogen) atoms. The van der Waals surface area contributed by atoms with E-state index in [1.165, 1.54) is 0 Å². The van der Waals surface area contributed by atoms with Crippen molar-refractivity contribution >= 4 is 0 Å². The molecule has 0 radical (unpaired) electrons. The summed E-state index contributed by atoms with van der Waals surface area (Å²) in [6.45, 7) is 0. The zero-order valence-corrected chi connectivity index (χ0v) is 12.0. The molecule has 2 heteroatoms. The summed E-state index contributed by atoms with van der Waals surface area (Å²) in [4.78, 5) is 0. The molecule has 102 valence electrons. The van der Waals surface area contributed by atoms with Gasteiger partial charge in [-0.2, -0.15) is 10.5 Å². The van der Waals surface area contributed by atoms with Gasteiger partial charge in [-0.1, -0.05) is 24.7 Å². The van der Waals surface area contributed by atoms with Gasteiger partial charge in [0, 0.05) is 25.7 Å². The smallest absolute Gasteiger partial charge is 0.0621 e. The van der Waals surface area contributed by atoms with E-state index in [4.69, 9.17) is 10.5 Å². The van der Waals surface area contributed by atoms with Gasteiger partial charge in [-0.25, -0.2) is 0 Å². The van der Waals surface area contributed by atoms with Crippen molar-refractivity contribution in [3.8, 4) is 47.7 Å². The average Bonchev–Trinajstić information content (AvgIpc) is 2.47. The second kappa shape index (κ2) is 16.7. The third kappa shape index (κ3) is 15.7. The minimum Gasteiger partial charge on any atom is -0.198 e. The fourth-order valence-corrected chi connectivity index (χ4v) is 1.46. The van der Waals surface area contributed by atoms with Crippen LogP contribution in [0.1, 0.15) is 64.2 Å². The Labute approximate surface area is 123 Å². The number of hydrogen-bond donors (Lipinski definition) is 0. The minimum atomic E-state index is 0.606. The van der Waals surface area contributed by atoms with Crippen molar-refractivity contribution in [1.29, 1.82) is 10.5 Å². The van der Waals surface area contributed by atoms with Crippen molar-refractivity contribution < 1.29 is 0 Å². The summed E-state index contributed by atoms with van der Waals surface area (Å²) in [5.74, 6) is 16.9. The Morgan fingerprint density at radius 3 is 1.35 bits per heavy atom. The molecular weight excluding hydrogens is 244 g/mol. The van der Waals surface area contributed by atoms with Crippen LogP contribution in [0.5, 0.6) is 0 Å². The molecule has 0 spiro atoms. The molecule has 0 fully saturated rings. The van der Waals surface area contributed by atoms with E-state index in [0.29, 0.717) is 12.8 Å². The number of nitriles is 2. The van der Waals surface area contributed by atoms with E-state index in [9.17, 15) is 0 Å². The molecule has 0 aromatic heterocycles. The van der Waals surface area contributed by atoms with Crippen LogP contribution in [0.15, 0.2) is 0 Å². The molecule has 0 aliphatic heterocycles. The molecule has 0 amide bonds. The number of nitrogens with zero attached hydrogens (tertiary/aromatic N) is 2. The van der Waals surface area contributed by atoms with Crippen molar-refractivity contribution in [2.75, 3.05) is 0 Å². The quantitative estimate of drug-likeness (QED) is 0.492. The van der Waals surface area contributed by atoms with Crippen molar-refractivity contribution in [2.45, 2.75) is 64.2 Å². The van der Waals surface area contributed by atoms with Gasteiger partial charge in [0.05, 0.1) is 12.1 Å². The van der Waals surface area contributed by atoms with Crippen molar-refractivity contribution in [3.63, 3.8) is 0 Å². The Morgan fingerprint density at radius 1 is 0.450 bits per heavy atom. The van der Waals surface area contributed by atoms with Crippen LogP contribution in [0.3, 0.4) is 0 Å². The fourth-order valence-electron chi connectivity index (χ4n) is 1.46. The van der Waals surface area contributed by atoms with Crippen molar-refractivity contribution in [2.24, 2.45) is 0 Å². The Morgan fingerprint density at radius 2 is 0.850 bits per heavy atom. The molecule has 0 aromatic rings. The summed E-state index contributed by atoms with van der Waals surface area (Å²) in [5.41, 5.74) is 0. The maximum Gasteiger partial charge on any atom is 0.0621 e. The summed E-state index contributed by atoms with van der Waals surface area (Å²) in [5, 5.41) is 16.7. The molecule has 0 unspecified atom stereocenters. The highest BCUT2D eigenvalue weighted by molar-refractivity contribution is 5.35. The zero-order chi connectivity index (χ0) is 14.7. The molecular formula is C18H20N2. The molecule has 0 heterocycles. The largest absolute Gasteiger partial charge is 0.198 e. The number of hydrogen-bond acceptors (Lipinski definition) is 2. The monoisotopic (exact) mass is 264 g/mol. The first kappa shape index (κ1) is 17.7. The highest BCUT2D eigenvalue weighted by Gasteiger charge is 1.87. The van der Waals surface area contributed by atoms with Crippen molar-refractivity contribution in [3.05, 3.63) is 0 Å². The minimum absolute atomic E-state index is 0.606. The fraction of sp³-hybridized carbons (Fsp3) is 0.556. The molecule has 0 aromatic carbocycles. The average molecular weight is 264 g/mol. The predicted octanol–water partition coefficient (Wildman–Crippen LogP) is 3.94. The second-order valence-corrected chi connectivity index (χ2v) is 4.29. The van der Waals surface area contributed by atoms with Gasteiger partial charge in [0.1, 0.15) is 0 Å². The summed E-state index contributed by atoms with van der Waals surface area (Å²) < 4.78 is 0. The van der Waals surface area contributed by atoms with Crippen LogP contribution in [0.4, 0.5) is 0 Å². The van der Waals surface area contributed by atoms with E-state index in [2.05, 4.69) is 47.7 Å². The topological polar surface area (TPSA) is 47.6 Å². The Bertz CT molecular complexity index is 498. The normalized spacial score (nSPS) is 7.70. The Hall–Kier alpha value is -2.34. The van der Waals surface area contributed by atoms with E-state index in [-0.39, 0.29) is 0 Å². The van der Waals surface area contributed by atoms with E-state index < -0.39 is 0 Å². The Kier molecular flexibility index (Phi) is 14.7. The molecule has 0 N–H and O–H groups in total. The molecule has 0 atom stereocenters. The van der Waals surface area contributed by atoms with Gasteiger partial charge in [-0.05, 0) is 49.4 Å². The molecule has 2 nitrogen and oxygen atoms in total. The van der Waals surface area contributed by atoms with Gasteiger partial charge in [-0.3, -0.25) is 0 Å². The number of rotatable bonds is 8. The lowest BCUT2D eigenvalue weighted by Gasteiger charge is -1.93. The lowest BCUT2D eigenvalue weighted by Crippen LogP contribution is -1.76. The van der Waals surface area contributed by atoms with Gasteiger partial charge < -0.3 is 0 Å². The Balaban J connectivity index is 3.48. The third-order valence-electron chi connectivity index (χ3n) is 2.54. The van der Waals surface area contributed by atoms with Crippen molar-refractivity contribution in [1.82, 2.24) is 0 Å². The molecule has 0 saturated carbocycles. The van der Waals surface area contributed by atoms with E-state index in [1.54, 1.807) is 0 Å². The van der Waals surface area contributed by atoms with Crippen LogP contribution in [0.2, 0.25) is 0 Å². The lowest BCUT2D eigenvalue weighted by atomic mass is 10.1. The van der Waals surface area contributed by atoms with Gasteiger partial charge >= 0.3 is 0 Å². The first-order chi connectivity index (χ1) is 9.91. The molecule has 0 rings (SSSR count). The standard InChI is InChI=1S/C18H20N2/c19-17-15-13-11-9-7-5-3-1-2-4-6-8-10-12-14-16-18-20/h5,7,9-16H2. The summed E-state index contributed by atoms with van der Waals surface area (Å²) in [6, 6.07) is 4.25. The third-order valence-corrected chi connectivity index (χ3v) is 2.54. The first-order valence-electron chi connectivity index (χ1n) is 7.11. The van der Waals surface area contributed by atoms with Crippen LogP contribution in [-0.2, 0) is 0 Å². The number of unbranched alkanes of at least 4 members (excludes halogenated alkanes) is 8. The lowest BCUT2D eigenvalue weighted by molar-refractivity contribution is 0.659. The van der Waals surface area contributed by atoms with Crippen LogP contribution in [0.25, 0.3) is 0 Å². The van der Waals surface area contributed by atoms with E-state index in [0.717, 1.165) is 51.4 Å². The highest BCUT2D eigenvalue weighted by Crippen LogP contribution is 2.03.